The third-order valence-corrected chi connectivity index (χ3v) is 3.24. The first-order valence-corrected chi connectivity index (χ1v) is 6.71. The molecule has 98 valence electrons. The summed E-state index contributed by atoms with van der Waals surface area (Å²) in [4.78, 5) is 12.9. The van der Waals surface area contributed by atoms with Crippen molar-refractivity contribution in [2.24, 2.45) is 0 Å². The fourth-order valence-electron chi connectivity index (χ4n) is 1.79. The second-order valence-electron chi connectivity index (χ2n) is 4.78. The maximum Gasteiger partial charge on any atom is 0.255 e. The lowest BCUT2D eigenvalue weighted by Crippen LogP contribution is -2.11. The zero-order valence-corrected chi connectivity index (χ0v) is 11.9. The van der Waals surface area contributed by atoms with Crippen LogP contribution in [0.25, 0.3) is 0 Å². The van der Waals surface area contributed by atoms with E-state index in [1.165, 1.54) is 5.56 Å². The molecule has 2 nitrogen and oxygen atoms in total. The summed E-state index contributed by atoms with van der Waals surface area (Å²) in [6.45, 7) is 4.26. The first-order chi connectivity index (χ1) is 9.06. The minimum absolute atomic E-state index is 0.103. The van der Waals surface area contributed by atoms with Crippen molar-refractivity contribution >= 4 is 24.2 Å². The normalized spacial score (nSPS) is 10.5. The van der Waals surface area contributed by atoms with Crippen LogP contribution in [0.1, 0.15) is 35.7 Å². The van der Waals surface area contributed by atoms with Gasteiger partial charge in [0.25, 0.3) is 5.91 Å². The van der Waals surface area contributed by atoms with E-state index >= 15 is 0 Å². The van der Waals surface area contributed by atoms with Gasteiger partial charge in [0.15, 0.2) is 0 Å². The quantitative estimate of drug-likeness (QED) is 0.798. The molecule has 0 spiro atoms. The Balaban J connectivity index is 2.14. The molecular weight excluding hydrogens is 254 g/mol. The third-order valence-electron chi connectivity index (χ3n) is 2.94. The monoisotopic (exact) mass is 271 g/mol. The first kappa shape index (κ1) is 13.7. The maximum absolute atomic E-state index is 12.1. The topological polar surface area (TPSA) is 29.1 Å². The van der Waals surface area contributed by atoms with Gasteiger partial charge in [0.1, 0.15) is 0 Å². The molecule has 3 heteroatoms. The predicted octanol–water partition coefficient (Wildman–Crippen LogP) is 4.35. The Labute approximate surface area is 119 Å². The van der Waals surface area contributed by atoms with Crippen LogP contribution in [0.3, 0.4) is 0 Å². The lowest BCUT2D eigenvalue weighted by Gasteiger charge is -2.09. The largest absolute Gasteiger partial charge is 0.322 e. The van der Waals surface area contributed by atoms with Crippen LogP contribution in [0, 0.1) is 0 Å². The summed E-state index contributed by atoms with van der Waals surface area (Å²) >= 11 is 4.20. The summed E-state index contributed by atoms with van der Waals surface area (Å²) in [5, 5.41) is 2.91. The minimum Gasteiger partial charge on any atom is -0.322 e. The molecule has 1 amide bonds. The number of anilines is 1. The van der Waals surface area contributed by atoms with Gasteiger partial charge in [0, 0.05) is 16.1 Å². The van der Waals surface area contributed by atoms with E-state index in [2.05, 4.69) is 37.9 Å². The summed E-state index contributed by atoms with van der Waals surface area (Å²) in [7, 11) is 0. The molecule has 0 saturated heterocycles. The molecule has 2 rings (SSSR count). The number of hydrogen-bond donors (Lipinski definition) is 2. The van der Waals surface area contributed by atoms with Crippen molar-refractivity contribution < 1.29 is 4.79 Å². The van der Waals surface area contributed by atoms with Gasteiger partial charge in [-0.1, -0.05) is 26.0 Å². The molecular formula is C16H17NOS. The molecule has 0 aromatic heterocycles. The van der Waals surface area contributed by atoms with Crippen LogP contribution in [0.15, 0.2) is 53.4 Å². The number of carbonyl (C=O) groups is 1. The summed E-state index contributed by atoms with van der Waals surface area (Å²) in [5.41, 5.74) is 2.67. The molecule has 0 saturated carbocycles. The number of benzene rings is 2. The average Bonchev–Trinajstić information content (AvgIpc) is 2.39. The molecule has 19 heavy (non-hydrogen) atoms. The summed E-state index contributed by atoms with van der Waals surface area (Å²) in [6, 6.07) is 15.1. The lowest BCUT2D eigenvalue weighted by molar-refractivity contribution is 0.102. The van der Waals surface area contributed by atoms with Crippen LogP contribution >= 0.6 is 12.6 Å². The van der Waals surface area contributed by atoms with E-state index in [0.29, 0.717) is 11.5 Å². The first-order valence-electron chi connectivity index (χ1n) is 6.26. The van der Waals surface area contributed by atoms with Gasteiger partial charge in [-0.15, -0.1) is 12.6 Å². The SMILES string of the molecule is CC(C)c1cccc(NC(=O)c2ccc(S)cc2)c1. The van der Waals surface area contributed by atoms with E-state index in [-0.39, 0.29) is 5.91 Å². The molecule has 0 radical (unpaired) electrons. The van der Waals surface area contributed by atoms with Crippen molar-refractivity contribution in [3.8, 4) is 0 Å². The second kappa shape index (κ2) is 5.93. The number of carbonyl (C=O) groups excluding carboxylic acids is 1. The number of nitrogens with one attached hydrogen (secondary N) is 1. The van der Waals surface area contributed by atoms with Crippen LogP contribution in [0.2, 0.25) is 0 Å². The van der Waals surface area contributed by atoms with Crippen molar-refractivity contribution in [1.29, 1.82) is 0 Å². The molecule has 1 N–H and O–H groups in total. The van der Waals surface area contributed by atoms with Crippen molar-refractivity contribution in [3.63, 3.8) is 0 Å². The molecule has 0 aliphatic rings. The van der Waals surface area contributed by atoms with E-state index in [1.54, 1.807) is 12.1 Å². The molecule has 2 aromatic carbocycles. The van der Waals surface area contributed by atoms with Gasteiger partial charge < -0.3 is 5.32 Å². The zero-order valence-electron chi connectivity index (χ0n) is 11.1. The highest BCUT2D eigenvalue weighted by atomic mass is 32.1. The molecule has 0 aliphatic heterocycles. The smallest absolute Gasteiger partial charge is 0.255 e. The fraction of sp³-hybridized carbons (Fsp3) is 0.188. The standard InChI is InChI=1S/C16H17NOS/c1-11(2)13-4-3-5-14(10-13)17-16(18)12-6-8-15(19)9-7-12/h3-11,19H,1-2H3,(H,17,18). The van der Waals surface area contributed by atoms with E-state index < -0.39 is 0 Å². The predicted molar refractivity (Wildman–Crippen MR) is 82.2 cm³/mol. The molecule has 0 bridgehead atoms. The van der Waals surface area contributed by atoms with Gasteiger partial charge in [-0.25, -0.2) is 0 Å². The van der Waals surface area contributed by atoms with Crippen LogP contribution in [0.4, 0.5) is 5.69 Å². The van der Waals surface area contributed by atoms with E-state index in [0.717, 1.165) is 10.6 Å². The minimum atomic E-state index is -0.103. The number of thiol groups is 1. The Bertz CT molecular complexity index is 576. The zero-order chi connectivity index (χ0) is 13.8. The van der Waals surface area contributed by atoms with E-state index in [4.69, 9.17) is 0 Å². The molecule has 0 fully saturated rings. The summed E-state index contributed by atoms with van der Waals surface area (Å²) < 4.78 is 0. The van der Waals surface area contributed by atoms with Gasteiger partial charge >= 0.3 is 0 Å². The third kappa shape index (κ3) is 3.61. The average molecular weight is 271 g/mol. The highest BCUT2D eigenvalue weighted by molar-refractivity contribution is 7.80. The fourth-order valence-corrected chi connectivity index (χ4v) is 1.94. The highest BCUT2D eigenvalue weighted by Crippen LogP contribution is 2.19. The van der Waals surface area contributed by atoms with E-state index in [1.807, 2.05) is 30.3 Å². The Morgan fingerprint density at radius 2 is 1.79 bits per heavy atom. The summed E-state index contributed by atoms with van der Waals surface area (Å²) in [5.74, 6) is 0.342. The van der Waals surface area contributed by atoms with Crippen molar-refractivity contribution in [2.45, 2.75) is 24.7 Å². The maximum atomic E-state index is 12.1. The Morgan fingerprint density at radius 3 is 2.42 bits per heavy atom. The van der Waals surface area contributed by atoms with Gasteiger partial charge in [-0.05, 0) is 47.9 Å². The molecule has 2 aromatic rings. The molecule has 0 aliphatic carbocycles. The second-order valence-corrected chi connectivity index (χ2v) is 5.30. The van der Waals surface area contributed by atoms with Crippen LogP contribution < -0.4 is 5.32 Å². The Hall–Kier alpha value is -1.74. The Morgan fingerprint density at radius 1 is 1.11 bits per heavy atom. The molecule has 0 atom stereocenters. The number of hydrogen-bond acceptors (Lipinski definition) is 2. The van der Waals surface area contributed by atoms with Crippen molar-refractivity contribution in [2.75, 3.05) is 5.32 Å². The van der Waals surface area contributed by atoms with Gasteiger partial charge in [-0.2, -0.15) is 0 Å². The van der Waals surface area contributed by atoms with Crippen LogP contribution in [0.5, 0.6) is 0 Å². The van der Waals surface area contributed by atoms with Crippen molar-refractivity contribution in [3.05, 3.63) is 59.7 Å². The van der Waals surface area contributed by atoms with E-state index in [9.17, 15) is 4.79 Å². The highest BCUT2D eigenvalue weighted by Gasteiger charge is 2.06. The molecule has 0 heterocycles. The summed E-state index contributed by atoms with van der Waals surface area (Å²) in [6.07, 6.45) is 0. The van der Waals surface area contributed by atoms with Crippen molar-refractivity contribution in [1.82, 2.24) is 0 Å². The molecule has 0 unspecified atom stereocenters. The van der Waals surface area contributed by atoms with Gasteiger partial charge in [0.2, 0.25) is 0 Å². The van der Waals surface area contributed by atoms with Gasteiger partial charge in [0.05, 0.1) is 0 Å². The Kier molecular flexibility index (Phi) is 4.27. The lowest BCUT2D eigenvalue weighted by atomic mass is 10.0. The van der Waals surface area contributed by atoms with Gasteiger partial charge in [-0.3, -0.25) is 4.79 Å². The number of amides is 1. The van der Waals surface area contributed by atoms with Crippen LogP contribution in [-0.2, 0) is 0 Å². The van der Waals surface area contributed by atoms with Crippen LogP contribution in [-0.4, -0.2) is 5.91 Å². The number of rotatable bonds is 3.